The van der Waals surface area contributed by atoms with Gasteiger partial charge >= 0.3 is 0 Å². The topological polar surface area (TPSA) is 82.9 Å². The number of ether oxygens (including phenoxy) is 1. The number of benzene rings is 1. The van der Waals surface area contributed by atoms with Gasteiger partial charge < -0.3 is 19.9 Å². The zero-order valence-electron chi connectivity index (χ0n) is 21.1. The predicted molar refractivity (Wildman–Crippen MR) is 144 cm³/mol. The van der Waals surface area contributed by atoms with Crippen molar-refractivity contribution < 1.29 is 9.53 Å². The highest BCUT2D eigenvalue weighted by Crippen LogP contribution is 2.42. The number of aliphatic imine (C=N–C) groups is 1. The second-order valence-electron chi connectivity index (χ2n) is 10.3. The Hall–Kier alpha value is -3.04. The van der Waals surface area contributed by atoms with Crippen molar-refractivity contribution in [3.8, 4) is 5.75 Å². The van der Waals surface area contributed by atoms with Gasteiger partial charge in [0.15, 0.2) is 0 Å². The largest absolute Gasteiger partial charge is 0.489 e. The Morgan fingerprint density at radius 3 is 2.83 bits per heavy atom. The van der Waals surface area contributed by atoms with Gasteiger partial charge in [0.2, 0.25) is 5.91 Å². The van der Waals surface area contributed by atoms with Crippen LogP contribution in [0.4, 0.5) is 11.5 Å². The van der Waals surface area contributed by atoms with Crippen molar-refractivity contribution in [1.29, 1.82) is 0 Å². The lowest BCUT2D eigenvalue weighted by Gasteiger charge is -2.35. The third-order valence-corrected chi connectivity index (χ3v) is 8.52. The number of likely N-dealkylation sites (N-methyl/N-ethyl adjacent to an activating group) is 1. The number of nitrogens with zero attached hydrogens (tertiary/aromatic N) is 5. The number of carbonyl (C=O) groups excluding carboxylic acids is 1. The number of fused-ring (bicyclic) bond motifs is 4. The Balaban J connectivity index is 1.29. The van der Waals surface area contributed by atoms with E-state index in [2.05, 4.69) is 49.3 Å². The summed E-state index contributed by atoms with van der Waals surface area (Å²) in [5.74, 6) is 1.97. The van der Waals surface area contributed by atoms with Crippen LogP contribution in [0.25, 0.3) is 10.2 Å². The Bertz CT molecular complexity index is 1340. The molecule has 36 heavy (non-hydrogen) atoms. The number of rotatable bonds is 5. The zero-order valence-corrected chi connectivity index (χ0v) is 21.9. The Kier molecular flexibility index (Phi) is 6.13. The number of carbonyl (C=O) groups is 1. The van der Waals surface area contributed by atoms with Gasteiger partial charge in [0, 0.05) is 43.2 Å². The highest BCUT2D eigenvalue weighted by atomic mass is 32.1. The van der Waals surface area contributed by atoms with Crippen LogP contribution in [0.1, 0.15) is 41.8 Å². The maximum Gasteiger partial charge on any atom is 0.226 e. The number of thiophene rings is 1. The average Bonchev–Trinajstić information content (AvgIpc) is 3.47. The minimum absolute atomic E-state index is 0.0556. The molecule has 1 N–H and O–H groups in total. The third kappa shape index (κ3) is 4.35. The van der Waals surface area contributed by atoms with Gasteiger partial charge in [-0.2, -0.15) is 0 Å². The van der Waals surface area contributed by atoms with E-state index in [1.54, 1.807) is 17.7 Å². The van der Waals surface area contributed by atoms with E-state index in [1.807, 2.05) is 20.1 Å². The van der Waals surface area contributed by atoms with Crippen molar-refractivity contribution in [2.45, 2.75) is 45.8 Å². The second kappa shape index (κ2) is 9.44. The van der Waals surface area contributed by atoms with Crippen LogP contribution in [-0.2, 0) is 24.2 Å². The zero-order chi connectivity index (χ0) is 24.8. The molecule has 0 radical (unpaired) electrons. The van der Waals surface area contributed by atoms with Crippen LogP contribution >= 0.6 is 11.3 Å². The van der Waals surface area contributed by atoms with E-state index >= 15 is 0 Å². The number of aromatic nitrogens is 2. The summed E-state index contributed by atoms with van der Waals surface area (Å²) in [7, 11) is 2.12. The van der Waals surface area contributed by atoms with Crippen LogP contribution in [0.2, 0.25) is 0 Å². The van der Waals surface area contributed by atoms with Crippen molar-refractivity contribution in [1.82, 2.24) is 19.8 Å². The molecular weight excluding hydrogens is 472 g/mol. The molecule has 1 amide bonds. The summed E-state index contributed by atoms with van der Waals surface area (Å²) in [6.45, 7) is 8.32. The highest BCUT2D eigenvalue weighted by Gasteiger charge is 2.32. The van der Waals surface area contributed by atoms with Crippen LogP contribution < -0.4 is 10.1 Å². The first-order valence-corrected chi connectivity index (χ1v) is 13.6. The summed E-state index contributed by atoms with van der Waals surface area (Å²) in [6, 6.07) is 4.18. The lowest BCUT2D eigenvalue weighted by Crippen LogP contribution is -2.49. The number of hydrogen-bond acceptors (Lipinski definition) is 8. The van der Waals surface area contributed by atoms with Crippen LogP contribution in [0.15, 0.2) is 23.5 Å². The molecule has 8 nitrogen and oxygen atoms in total. The maximum absolute atomic E-state index is 13.3. The van der Waals surface area contributed by atoms with Gasteiger partial charge in [0.25, 0.3) is 0 Å². The summed E-state index contributed by atoms with van der Waals surface area (Å²) < 4.78 is 6.15. The van der Waals surface area contributed by atoms with Crippen molar-refractivity contribution in [2.24, 2.45) is 10.9 Å². The summed E-state index contributed by atoms with van der Waals surface area (Å²) in [6.07, 6.45) is 6.12. The second-order valence-corrected chi connectivity index (χ2v) is 11.4. The fourth-order valence-corrected chi connectivity index (χ4v) is 6.68. The summed E-state index contributed by atoms with van der Waals surface area (Å²) in [5.41, 5.74) is 4.45. The van der Waals surface area contributed by atoms with Gasteiger partial charge in [0.05, 0.1) is 23.7 Å². The first kappa shape index (κ1) is 23.4. The first-order valence-electron chi connectivity index (χ1n) is 12.8. The van der Waals surface area contributed by atoms with Gasteiger partial charge in [-0.3, -0.25) is 9.79 Å². The number of piperazine rings is 1. The average molecular weight is 505 g/mol. The first-order chi connectivity index (χ1) is 17.5. The Morgan fingerprint density at radius 2 is 2.03 bits per heavy atom. The van der Waals surface area contributed by atoms with E-state index in [0.717, 1.165) is 78.5 Å². The molecule has 3 aromatic rings. The van der Waals surface area contributed by atoms with Crippen LogP contribution in [0.5, 0.6) is 5.75 Å². The molecule has 0 bridgehead atoms. The summed E-state index contributed by atoms with van der Waals surface area (Å²) in [4.78, 5) is 33.5. The molecule has 1 atom stereocenters. The molecule has 1 aromatic carbocycles. The molecule has 0 saturated carbocycles. The van der Waals surface area contributed by atoms with Crippen LogP contribution in [0, 0.1) is 5.92 Å². The number of anilines is 2. The normalized spacial score (nSPS) is 19.6. The highest BCUT2D eigenvalue weighted by molar-refractivity contribution is 7.19. The minimum Gasteiger partial charge on any atom is -0.489 e. The minimum atomic E-state index is 0.0556. The molecule has 0 spiro atoms. The van der Waals surface area contributed by atoms with E-state index in [9.17, 15) is 4.79 Å². The molecule has 9 heteroatoms. The Labute approximate surface area is 215 Å². The lowest BCUT2D eigenvalue weighted by atomic mass is 9.86. The maximum atomic E-state index is 13.3. The van der Waals surface area contributed by atoms with Crippen molar-refractivity contribution in [3.05, 3.63) is 40.0 Å². The molecule has 1 saturated heterocycles. The summed E-state index contributed by atoms with van der Waals surface area (Å²) in [5, 5.41) is 4.64. The predicted octanol–water partition coefficient (Wildman–Crippen LogP) is 4.03. The van der Waals surface area contributed by atoms with E-state index < -0.39 is 0 Å². The van der Waals surface area contributed by atoms with Gasteiger partial charge in [0.1, 0.15) is 22.7 Å². The molecule has 1 fully saturated rings. The van der Waals surface area contributed by atoms with Crippen LogP contribution in [0.3, 0.4) is 0 Å². The molecule has 2 aliphatic heterocycles. The molecule has 1 unspecified atom stereocenters. The van der Waals surface area contributed by atoms with E-state index in [1.165, 1.54) is 16.0 Å². The SMILES string of the molecule is CC(C)Oc1cc2c(cc1Nc1ncnc3sc4c(c13)CCC(C(=O)N1CCN(C)CC1)C4)C=NC2. The molecule has 3 aliphatic rings. The fourth-order valence-electron chi connectivity index (χ4n) is 5.42. The monoisotopic (exact) mass is 504 g/mol. The van der Waals surface area contributed by atoms with E-state index in [0.29, 0.717) is 12.5 Å². The van der Waals surface area contributed by atoms with Gasteiger partial charge in [-0.25, -0.2) is 9.97 Å². The van der Waals surface area contributed by atoms with E-state index in [4.69, 9.17) is 4.74 Å². The number of hydrogen-bond donors (Lipinski definition) is 1. The lowest BCUT2D eigenvalue weighted by molar-refractivity contribution is -0.137. The molecule has 188 valence electrons. The Morgan fingerprint density at radius 1 is 1.19 bits per heavy atom. The van der Waals surface area contributed by atoms with Crippen LogP contribution in [-0.4, -0.2) is 71.2 Å². The molecule has 2 aromatic heterocycles. The van der Waals surface area contributed by atoms with Gasteiger partial charge in [-0.15, -0.1) is 11.3 Å². The quantitative estimate of drug-likeness (QED) is 0.565. The number of aryl methyl sites for hydroxylation is 1. The van der Waals surface area contributed by atoms with E-state index in [-0.39, 0.29) is 12.0 Å². The molecular formula is C27H32N6O2S. The molecule has 4 heterocycles. The third-order valence-electron chi connectivity index (χ3n) is 7.36. The number of amides is 1. The van der Waals surface area contributed by atoms with Crippen molar-refractivity contribution in [2.75, 3.05) is 38.5 Å². The molecule has 1 aliphatic carbocycles. The molecule has 6 rings (SSSR count). The number of nitrogens with one attached hydrogen (secondary N) is 1. The fraction of sp³-hybridized carbons (Fsp3) is 0.481. The summed E-state index contributed by atoms with van der Waals surface area (Å²) >= 11 is 1.71. The van der Waals surface area contributed by atoms with Gasteiger partial charge in [-0.05, 0) is 69.0 Å². The van der Waals surface area contributed by atoms with Crippen molar-refractivity contribution >= 4 is 45.2 Å². The smallest absolute Gasteiger partial charge is 0.226 e. The van der Waals surface area contributed by atoms with Crippen molar-refractivity contribution in [3.63, 3.8) is 0 Å². The van der Waals surface area contributed by atoms with Gasteiger partial charge in [-0.1, -0.05) is 0 Å². The standard InChI is InChI=1S/C27H32N6O2S/c1-16(2)35-22-11-19-14-28-13-18(19)10-21(22)31-25-24-20-5-4-17(12-23(20)36-26(24)30-15-29-25)27(34)33-8-6-32(3)7-9-33/h10-11,13,15-17H,4-9,12,14H2,1-3H3,(H,29,30,31).